The first kappa shape index (κ1) is 17.8. The molecule has 28 heavy (non-hydrogen) atoms. The molecule has 7 heteroatoms. The van der Waals surface area contributed by atoms with E-state index in [-0.39, 0.29) is 12.4 Å². The fraction of sp³-hybridized carbons (Fsp3) is 0.190. The van der Waals surface area contributed by atoms with Crippen LogP contribution in [0.4, 0.5) is 0 Å². The van der Waals surface area contributed by atoms with Crippen LogP contribution in [0.5, 0.6) is 11.5 Å². The average Bonchev–Trinajstić information content (AvgIpc) is 3.15. The second kappa shape index (κ2) is 7.19. The van der Waals surface area contributed by atoms with Crippen molar-refractivity contribution in [3.8, 4) is 22.9 Å². The zero-order chi connectivity index (χ0) is 19.7. The van der Waals surface area contributed by atoms with Gasteiger partial charge in [0.25, 0.3) is 11.5 Å². The molecule has 3 aromatic rings. The summed E-state index contributed by atoms with van der Waals surface area (Å²) < 4.78 is 10.6. The molecule has 0 bridgehead atoms. The number of fused-ring (bicyclic) bond motifs is 1. The molecule has 1 aromatic heterocycles. The molecule has 142 valence electrons. The number of carbonyl (C=O) groups excluding carboxylic acids is 1. The molecule has 0 saturated heterocycles. The highest BCUT2D eigenvalue weighted by Gasteiger charge is 2.19. The van der Waals surface area contributed by atoms with Crippen molar-refractivity contribution in [1.82, 2.24) is 14.9 Å². The average molecular weight is 377 g/mol. The lowest BCUT2D eigenvalue weighted by atomic mass is 10.1. The first-order valence-electron chi connectivity index (χ1n) is 8.81. The van der Waals surface area contributed by atoms with Crippen molar-refractivity contribution in [2.45, 2.75) is 13.5 Å². The van der Waals surface area contributed by atoms with E-state index in [0.717, 1.165) is 16.7 Å². The number of ether oxygens (including phenoxy) is 2. The second-order valence-corrected chi connectivity index (χ2v) is 6.69. The monoisotopic (exact) mass is 377 g/mol. The minimum absolute atomic E-state index is 0.000327. The zero-order valence-corrected chi connectivity index (χ0v) is 15.6. The van der Waals surface area contributed by atoms with E-state index in [1.54, 1.807) is 13.1 Å². The van der Waals surface area contributed by atoms with Crippen molar-refractivity contribution in [1.29, 1.82) is 0 Å². The van der Waals surface area contributed by atoms with Crippen LogP contribution in [0.25, 0.3) is 11.4 Å². The molecule has 2 heterocycles. The number of hydrogen-bond acceptors (Lipinski definition) is 5. The molecule has 0 saturated carbocycles. The lowest BCUT2D eigenvalue weighted by Crippen LogP contribution is -2.31. The summed E-state index contributed by atoms with van der Waals surface area (Å²) in [6, 6.07) is 13.1. The normalized spacial score (nSPS) is 12.1. The summed E-state index contributed by atoms with van der Waals surface area (Å²) in [6.45, 7) is 2.49. The van der Waals surface area contributed by atoms with Crippen molar-refractivity contribution < 1.29 is 14.3 Å². The van der Waals surface area contributed by atoms with Crippen LogP contribution in [0.3, 0.4) is 0 Å². The number of carbonyl (C=O) groups is 1. The van der Waals surface area contributed by atoms with Gasteiger partial charge >= 0.3 is 0 Å². The van der Waals surface area contributed by atoms with E-state index in [9.17, 15) is 9.59 Å². The van der Waals surface area contributed by atoms with E-state index >= 15 is 0 Å². The van der Waals surface area contributed by atoms with Gasteiger partial charge in [-0.25, -0.2) is 4.98 Å². The highest BCUT2D eigenvalue weighted by molar-refractivity contribution is 5.93. The maximum Gasteiger partial charge on any atom is 0.264 e. The summed E-state index contributed by atoms with van der Waals surface area (Å²) in [4.78, 5) is 33.6. The third-order valence-corrected chi connectivity index (χ3v) is 4.52. The van der Waals surface area contributed by atoms with Crippen molar-refractivity contribution >= 4 is 5.91 Å². The molecule has 1 N–H and O–H groups in total. The Morgan fingerprint density at radius 3 is 2.79 bits per heavy atom. The summed E-state index contributed by atoms with van der Waals surface area (Å²) in [7, 11) is 1.64. The first-order chi connectivity index (χ1) is 13.5. The van der Waals surface area contributed by atoms with Crippen LogP contribution in [0.2, 0.25) is 0 Å². The van der Waals surface area contributed by atoms with Gasteiger partial charge in [0.1, 0.15) is 11.4 Å². The quantitative estimate of drug-likeness (QED) is 0.756. The Morgan fingerprint density at radius 1 is 1.18 bits per heavy atom. The van der Waals surface area contributed by atoms with Crippen molar-refractivity contribution in [3.05, 3.63) is 75.7 Å². The first-order valence-corrected chi connectivity index (χ1v) is 8.81. The molecule has 7 nitrogen and oxygen atoms in total. The van der Waals surface area contributed by atoms with E-state index in [4.69, 9.17) is 9.47 Å². The predicted octanol–water partition coefficient (Wildman–Crippen LogP) is 2.75. The molecule has 2 aromatic carbocycles. The largest absolute Gasteiger partial charge is 0.454 e. The third-order valence-electron chi connectivity index (χ3n) is 4.52. The Morgan fingerprint density at radius 2 is 2.00 bits per heavy atom. The molecular formula is C21H19N3O4. The molecule has 0 fully saturated rings. The van der Waals surface area contributed by atoms with Gasteiger partial charge in [0.05, 0.1) is 0 Å². The van der Waals surface area contributed by atoms with Gasteiger partial charge in [-0.05, 0) is 30.7 Å². The van der Waals surface area contributed by atoms with E-state index in [1.807, 2.05) is 43.3 Å². The Bertz CT molecular complexity index is 1110. The molecule has 1 amide bonds. The number of aromatic nitrogens is 2. The van der Waals surface area contributed by atoms with Crippen LogP contribution in [0.15, 0.2) is 53.5 Å². The number of aromatic amines is 1. The summed E-state index contributed by atoms with van der Waals surface area (Å²) in [5.74, 6) is 1.37. The SMILES string of the molecule is Cc1cccc(-c2ncc(C(=O)N(C)Cc3ccc4c(c3)OCO4)c(=O)[nH]2)c1. The summed E-state index contributed by atoms with van der Waals surface area (Å²) in [5, 5.41) is 0. The van der Waals surface area contributed by atoms with Gasteiger partial charge < -0.3 is 19.4 Å². The van der Waals surface area contributed by atoms with Crippen molar-refractivity contribution in [2.24, 2.45) is 0 Å². The highest BCUT2D eigenvalue weighted by atomic mass is 16.7. The highest BCUT2D eigenvalue weighted by Crippen LogP contribution is 2.32. The van der Waals surface area contributed by atoms with E-state index in [1.165, 1.54) is 11.1 Å². The van der Waals surface area contributed by atoms with Crippen LogP contribution >= 0.6 is 0 Å². The van der Waals surface area contributed by atoms with Crippen LogP contribution in [-0.4, -0.2) is 34.6 Å². The fourth-order valence-corrected chi connectivity index (χ4v) is 3.08. The number of H-pyrrole nitrogens is 1. The number of benzene rings is 2. The number of amides is 1. The van der Waals surface area contributed by atoms with E-state index < -0.39 is 11.5 Å². The molecular weight excluding hydrogens is 358 g/mol. The second-order valence-electron chi connectivity index (χ2n) is 6.69. The van der Waals surface area contributed by atoms with Crippen LogP contribution in [0.1, 0.15) is 21.5 Å². The van der Waals surface area contributed by atoms with Gasteiger partial charge in [0.15, 0.2) is 11.5 Å². The molecule has 0 unspecified atom stereocenters. The molecule has 0 atom stereocenters. The molecule has 0 aliphatic carbocycles. The third kappa shape index (κ3) is 3.46. The van der Waals surface area contributed by atoms with Crippen molar-refractivity contribution in [3.63, 3.8) is 0 Å². The Balaban J connectivity index is 1.53. The maximum atomic E-state index is 12.7. The summed E-state index contributed by atoms with van der Waals surface area (Å²) in [5.41, 5.74) is 2.27. The number of aryl methyl sites for hydroxylation is 1. The number of nitrogens with one attached hydrogen (secondary N) is 1. The van der Waals surface area contributed by atoms with Gasteiger partial charge in [-0.3, -0.25) is 9.59 Å². The van der Waals surface area contributed by atoms with Crippen LogP contribution < -0.4 is 15.0 Å². The van der Waals surface area contributed by atoms with Gasteiger partial charge in [0, 0.05) is 25.4 Å². The van der Waals surface area contributed by atoms with E-state index in [2.05, 4.69) is 9.97 Å². The van der Waals surface area contributed by atoms with Gasteiger partial charge in [-0.1, -0.05) is 29.8 Å². The summed E-state index contributed by atoms with van der Waals surface area (Å²) >= 11 is 0. The number of rotatable bonds is 4. The lowest BCUT2D eigenvalue weighted by molar-refractivity contribution is 0.0782. The zero-order valence-electron chi connectivity index (χ0n) is 15.6. The number of nitrogens with zero attached hydrogens (tertiary/aromatic N) is 2. The van der Waals surface area contributed by atoms with Crippen LogP contribution in [0, 0.1) is 6.92 Å². The molecule has 4 rings (SSSR count). The Kier molecular flexibility index (Phi) is 4.57. The Hall–Kier alpha value is -3.61. The molecule has 1 aliphatic heterocycles. The van der Waals surface area contributed by atoms with Gasteiger partial charge in [-0.15, -0.1) is 0 Å². The predicted molar refractivity (Wildman–Crippen MR) is 103 cm³/mol. The maximum absolute atomic E-state index is 12.7. The Labute approximate surface area is 161 Å². The van der Waals surface area contributed by atoms with Gasteiger partial charge in [-0.2, -0.15) is 0 Å². The molecule has 0 spiro atoms. The van der Waals surface area contributed by atoms with Crippen LogP contribution in [-0.2, 0) is 6.54 Å². The minimum atomic E-state index is -0.464. The standard InChI is InChI=1S/C21H19N3O4/c1-13-4-3-5-15(8-13)19-22-10-16(20(25)23-19)21(26)24(2)11-14-6-7-17-18(9-14)28-12-27-17/h3-10H,11-12H2,1-2H3,(H,22,23,25). The van der Waals surface area contributed by atoms with Crippen molar-refractivity contribution in [2.75, 3.05) is 13.8 Å². The number of hydrogen-bond donors (Lipinski definition) is 1. The molecule has 1 aliphatic rings. The topological polar surface area (TPSA) is 84.5 Å². The molecule has 0 radical (unpaired) electrons. The lowest BCUT2D eigenvalue weighted by Gasteiger charge is -2.17. The van der Waals surface area contributed by atoms with E-state index in [0.29, 0.717) is 23.9 Å². The minimum Gasteiger partial charge on any atom is -0.454 e. The summed E-state index contributed by atoms with van der Waals surface area (Å²) in [6.07, 6.45) is 1.33. The van der Waals surface area contributed by atoms with Gasteiger partial charge in [0.2, 0.25) is 6.79 Å². The fourth-order valence-electron chi connectivity index (χ4n) is 3.08. The smallest absolute Gasteiger partial charge is 0.264 e.